The summed E-state index contributed by atoms with van der Waals surface area (Å²) in [6.45, 7) is 23.9. The number of hydrogen-bond donors (Lipinski definition) is 4. The summed E-state index contributed by atoms with van der Waals surface area (Å²) in [5.41, 5.74) is 18.8. The highest BCUT2D eigenvalue weighted by atomic mass is 16.2. The molecule has 3 fully saturated rings. The van der Waals surface area contributed by atoms with Crippen molar-refractivity contribution < 1.29 is 28.8 Å². The molecule has 5 N–H and O–H groups in total. The molecule has 6 aromatic carbocycles. The molecular formula is C93H122N14O6. The van der Waals surface area contributed by atoms with Crippen molar-refractivity contribution in [3.63, 3.8) is 0 Å². The normalized spacial score (nSPS) is 15.9. The first kappa shape index (κ1) is 85.1. The zero-order valence-electron chi connectivity index (χ0n) is 68.7. The number of benzene rings is 6. The molecule has 0 atom stereocenters. The van der Waals surface area contributed by atoms with Crippen LogP contribution in [-0.4, -0.2) is 200 Å². The number of hydrazine groups is 1. The van der Waals surface area contributed by atoms with Gasteiger partial charge in [-0.1, -0.05) is 127 Å². The minimum atomic E-state index is 0.0348. The van der Waals surface area contributed by atoms with Crippen molar-refractivity contribution in [2.45, 2.75) is 164 Å². The number of rotatable bonds is 26. The van der Waals surface area contributed by atoms with Crippen LogP contribution >= 0.6 is 0 Å². The van der Waals surface area contributed by atoms with Gasteiger partial charge in [-0.2, -0.15) is 0 Å². The van der Waals surface area contributed by atoms with Crippen LogP contribution in [0.3, 0.4) is 0 Å². The lowest BCUT2D eigenvalue weighted by atomic mass is 9.99. The number of amides is 6. The third kappa shape index (κ3) is 23.4. The summed E-state index contributed by atoms with van der Waals surface area (Å²) in [6, 6.07) is 42.2. The van der Waals surface area contributed by atoms with Gasteiger partial charge in [0.05, 0.1) is 12.2 Å². The Kier molecular flexibility index (Phi) is 32.5. The largest absolute Gasteiger partial charge is 0.343 e. The number of hydrogen-bond acceptors (Lipinski definition) is 12. The highest BCUT2D eigenvalue weighted by molar-refractivity contribution is 6.12. The Hall–Kier alpha value is -10.3. The molecule has 0 spiro atoms. The van der Waals surface area contributed by atoms with Crippen LogP contribution in [0.2, 0.25) is 0 Å². The number of amidine groups is 3. The number of nitrogens with zero attached hydrogens (tertiary/aromatic N) is 10. The molecule has 6 aliphatic heterocycles. The van der Waals surface area contributed by atoms with Crippen LogP contribution in [0.15, 0.2) is 159 Å². The number of fused-ring (bicyclic) bond motifs is 3. The minimum absolute atomic E-state index is 0.0348. The second kappa shape index (κ2) is 43.1. The number of carbonyl (C=O) groups excluding carboxylic acids is 6. The number of likely N-dealkylation sites (tertiary alicyclic amines) is 3. The van der Waals surface area contributed by atoms with Gasteiger partial charge in [-0.15, -0.1) is 0 Å². The summed E-state index contributed by atoms with van der Waals surface area (Å²) in [5.74, 6) is 8.51. The van der Waals surface area contributed by atoms with E-state index in [0.717, 1.165) is 282 Å². The second-order valence-corrected chi connectivity index (χ2v) is 30.7. The monoisotopic (exact) mass is 1530 g/mol. The van der Waals surface area contributed by atoms with Gasteiger partial charge < -0.3 is 50.4 Å². The van der Waals surface area contributed by atoms with Gasteiger partial charge in [0.1, 0.15) is 17.5 Å². The highest BCUT2D eigenvalue weighted by Crippen LogP contribution is 2.36. The first-order valence-electron chi connectivity index (χ1n) is 41.8. The molecule has 600 valence electrons. The molecule has 20 nitrogen and oxygen atoms in total. The SMILES string of the molecule is CCCCN(CCC)C(=O)C1=Cc2ccc(-c3ccc(C(=O)N4CCCC4)cc3)cc2NC(=NC)C1.CCCCN(CCC)C(=O)C1=Cc2ccc(-c3ccc(C(=O)N4CCCCC4)cc3)cc2NC(=NCCN(C)C)C1.CCCN(CCC)C(=O)C1=Cc2ccc(-c3ccc(C(=O)N4CCCCC4)cc3)cc2N=C(NN)C1. The minimum Gasteiger partial charge on any atom is -0.343 e. The number of aliphatic imine (C=N–C) groups is 3. The van der Waals surface area contributed by atoms with Crippen molar-refractivity contribution in [1.82, 2.24) is 39.7 Å². The van der Waals surface area contributed by atoms with Crippen LogP contribution < -0.4 is 21.9 Å². The predicted molar refractivity (Wildman–Crippen MR) is 465 cm³/mol. The molecule has 6 amide bonds. The molecule has 113 heavy (non-hydrogen) atoms. The molecular weight excluding hydrogens is 1410 g/mol. The van der Waals surface area contributed by atoms with Crippen LogP contribution in [0, 0.1) is 0 Å². The maximum absolute atomic E-state index is 13.7. The Bertz CT molecular complexity index is 4420. The van der Waals surface area contributed by atoms with E-state index in [9.17, 15) is 28.8 Å². The van der Waals surface area contributed by atoms with Crippen LogP contribution in [-0.2, 0) is 14.4 Å². The summed E-state index contributed by atoms with van der Waals surface area (Å²) in [5, 5.41) is 7.01. The van der Waals surface area contributed by atoms with E-state index in [2.05, 4.69) is 104 Å². The van der Waals surface area contributed by atoms with Crippen molar-refractivity contribution in [1.29, 1.82) is 0 Å². The topological polar surface area (TPSA) is 224 Å². The maximum atomic E-state index is 13.7. The third-order valence-electron chi connectivity index (χ3n) is 21.6. The fraction of sp³-hybridized carbons (Fsp3) is 0.452. The molecule has 0 bridgehead atoms. The van der Waals surface area contributed by atoms with Gasteiger partial charge >= 0.3 is 0 Å². The smallest absolute Gasteiger partial charge is 0.253 e. The van der Waals surface area contributed by atoms with E-state index in [0.29, 0.717) is 37.2 Å². The summed E-state index contributed by atoms with van der Waals surface area (Å²) >= 11 is 0. The van der Waals surface area contributed by atoms with Crippen molar-refractivity contribution >= 4 is 88.2 Å². The Morgan fingerprint density at radius 3 is 1.14 bits per heavy atom. The average molecular weight is 1530 g/mol. The second-order valence-electron chi connectivity index (χ2n) is 30.7. The van der Waals surface area contributed by atoms with Gasteiger partial charge in [-0.3, -0.25) is 38.8 Å². The van der Waals surface area contributed by atoms with Gasteiger partial charge in [0, 0.05) is 162 Å². The van der Waals surface area contributed by atoms with Crippen molar-refractivity contribution in [3.8, 4) is 33.4 Å². The van der Waals surface area contributed by atoms with E-state index < -0.39 is 0 Å². The highest BCUT2D eigenvalue weighted by Gasteiger charge is 2.28. The molecule has 3 saturated heterocycles. The van der Waals surface area contributed by atoms with Gasteiger partial charge in [0.25, 0.3) is 17.7 Å². The summed E-state index contributed by atoms with van der Waals surface area (Å²) < 4.78 is 0. The van der Waals surface area contributed by atoms with E-state index in [1.165, 1.54) is 12.8 Å². The van der Waals surface area contributed by atoms with Gasteiger partial charge in [0.15, 0.2) is 0 Å². The van der Waals surface area contributed by atoms with E-state index in [-0.39, 0.29) is 35.4 Å². The lowest BCUT2D eigenvalue weighted by molar-refractivity contribution is -0.128. The molecule has 0 aromatic heterocycles. The van der Waals surface area contributed by atoms with Crippen LogP contribution in [0.1, 0.15) is 211 Å². The Labute approximate surface area is 671 Å². The van der Waals surface area contributed by atoms with E-state index >= 15 is 0 Å². The molecule has 20 heteroatoms. The number of nitrogens with one attached hydrogen (secondary N) is 3. The zero-order chi connectivity index (χ0) is 80.2. The molecule has 12 rings (SSSR count). The number of unbranched alkanes of at least 4 members (excludes halogenated alkanes) is 2. The van der Waals surface area contributed by atoms with Crippen LogP contribution in [0.4, 0.5) is 17.1 Å². The molecule has 6 aliphatic rings. The number of piperidine rings is 2. The first-order chi connectivity index (χ1) is 55.0. The quantitative estimate of drug-likeness (QED) is 0.0295. The van der Waals surface area contributed by atoms with E-state index in [1.54, 1.807) is 7.05 Å². The van der Waals surface area contributed by atoms with E-state index in [4.69, 9.17) is 15.8 Å². The number of carbonyl (C=O) groups is 6. The molecule has 0 aliphatic carbocycles. The fourth-order valence-electron chi connectivity index (χ4n) is 15.2. The van der Waals surface area contributed by atoms with Crippen LogP contribution in [0.25, 0.3) is 51.6 Å². The van der Waals surface area contributed by atoms with E-state index in [1.807, 2.05) is 153 Å². The maximum Gasteiger partial charge on any atom is 0.253 e. The van der Waals surface area contributed by atoms with Gasteiger partial charge in [-0.05, 0) is 221 Å². The Morgan fingerprint density at radius 1 is 0.416 bits per heavy atom. The predicted octanol–water partition coefficient (Wildman–Crippen LogP) is 16.9. The van der Waals surface area contributed by atoms with Gasteiger partial charge in [0.2, 0.25) is 17.7 Å². The summed E-state index contributed by atoms with van der Waals surface area (Å²) in [6.07, 6.45) is 24.1. The zero-order valence-corrected chi connectivity index (χ0v) is 68.7. The fourth-order valence-corrected chi connectivity index (χ4v) is 15.2. The lowest BCUT2D eigenvalue weighted by Crippen LogP contribution is -2.36. The Morgan fingerprint density at radius 2 is 0.761 bits per heavy atom. The standard InChI is InChI=1S/C34H47N5O2.C30H38N4O2.C29H37N5O2/c1-5-7-19-38(18-6-2)34(41)30-23-29-16-15-28(24-31(29)36-32(25-30)35-17-22-37(3)4)26-11-13-27(14-12-26)33(40)39-20-9-8-10-21-39;1-4-6-16-33(15-5-2)30(36)26-19-25-14-13-24(20-27(25)32-28(21-26)31-3)22-9-11-23(12-10-22)29(35)34-17-7-8-18-34;1-3-14-33(15-4-2)29(36)25-18-24-13-12-23(19-26(24)31-27(20-25)32-30)21-8-10-22(11-9-21)28(35)34-16-6-5-7-17-34/h11-16,23-24H,5-10,17-22,25H2,1-4H3,(H,35,36);9-14,19-20H,4-8,15-18,21H2,1-3H3,(H,31,32);8-13,18-19H,3-7,14-17,20,30H2,1-2H3,(H,31,32). The Balaban J connectivity index is 0.000000180. The summed E-state index contributed by atoms with van der Waals surface area (Å²) in [7, 11) is 5.84. The van der Waals surface area contributed by atoms with Crippen molar-refractivity contribution in [2.24, 2.45) is 20.8 Å². The number of anilines is 2. The average Bonchev–Trinajstić information content (AvgIpc) is 1.78. The number of nitrogens with two attached hydrogens (primary N) is 1. The molecule has 6 heterocycles. The summed E-state index contributed by atoms with van der Waals surface area (Å²) in [4.78, 5) is 107. The lowest BCUT2D eigenvalue weighted by Gasteiger charge is -2.26. The molecule has 0 radical (unpaired) electrons. The van der Waals surface area contributed by atoms with Crippen molar-refractivity contribution in [2.75, 3.05) is 123 Å². The first-order valence-corrected chi connectivity index (χ1v) is 41.8. The van der Waals surface area contributed by atoms with Crippen molar-refractivity contribution in [3.05, 3.63) is 177 Å². The van der Waals surface area contributed by atoms with Crippen LogP contribution in [0.5, 0.6) is 0 Å². The molecule has 0 saturated carbocycles. The number of likely N-dealkylation sites (N-methyl/N-ethyl adjacent to an activating group) is 1. The van der Waals surface area contributed by atoms with Gasteiger partial charge in [-0.25, -0.2) is 10.8 Å². The third-order valence-corrected chi connectivity index (χ3v) is 21.6. The molecule has 6 aromatic rings. The molecule has 0 unspecified atom stereocenters.